The second-order valence-electron chi connectivity index (χ2n) is 6.03. The molecule has 0 aromatic carbocycles. The summed E-state index contributed by atoms with van der Waals surface area (Å²) in [6, 6.07) is 4.93. The zero-order valence-electron chi connectivity index (χ0n) is 12.2. The lowest BCUT2D eigenvalue weighted by atomic mass is 9.93. The van der Waals surface area contributed by atoms with E-state index in [2.05, 4.69) is 39.5 Å². The van der Waals surface area contributed by atoms with Crippen molar-refractivity contribution in [3.8, 4) is 0 Å². The van der Waals surface area contributed by atoms with Crippen molar-refractivity contribution in [2.75, 3.05) is 24.5 Å². The molecule has 0 spiro atoms. The van der Waals surface area contributed by atoms with Crippen molar-refractivity contribution >= 4 is 5.69 Å². The number of nitrogens with one attached hydrogen (secondary N) is 1. The van der Waals surface area contributed by atoms with Crippen molar-refractivity contribution in [1.29, 1.82) is 0 Å². The third-order valence-corrected chi connectivity index (χ3v) is 4.60. The molecule has 1 aliphatic carbocycles. The summed E-state index contributed by atoms with van der Waals surface area (Å²) in [4.78, 5) is 6.57. The molecule has 1 unspecified atom stereocenters. The third kappa shape index (κ3) is 3.60. The molecular weight excluding hydrogens is 246 g/mol. The number of pyridine rings is 1. The summed E-state index contributed by atoms with van der Waals surface area (Å²) in [6.45, 7) is 3.52. The molecule has 1 N–H and O–H groups in total. The molecule has 1 atom stereocenters. The summed E-state index contributed by atoms with van der Waals surface area (Å²) in [7, 11) is 0. The van der Waals surface area contributed by atoms with Crippen LogP contribution in [-0.4, -0.2) is 30.7 Å². The van der Waals surface area contributed by atoms with E-state index in [9.17, 15) is 0 Å². The monoisotopic (exact) mass is 271 g/mol. The maximum atomic E-state index is 4.09. The van der Waals surface area contributed by atoms with Gasteiger partial charge in [-0.15, -0.1) is 0 Å². The first-order chi connectivity index (χ1) is 9.92. The number of hydrogen-bond acceptors (Lipinski definition) is 3. The van der Waals surface area contributed by atoms with Gasteiger partial charge in [0.15, 0.2) is 0 Å². The summed E-state index contributed by atoms with van der Waals surface area (Å²) in [5.41, 5.74) is 1.32. The van der Waals surface area contributed by atoms with Crippen LogP contribution in [-0.2, 0) is 0 Å². The Bertz CT molecular complexity index is 421. The van der Waals surface area contributed by atoms with Crippen LogP contribution < -0.4 is 10.2 Å². The molecule has 2 aliphatic rings. The molecule has 0 saturated carbocycles. The van der Waals surface area contributed by atoms with Gasteiger partial charge < -0.3 is 10.2 Å². The standard InChI is InChI=1S/C17H25N3/c1-2-4-15(5-3-1)14-19-16-8-12-20(13-9-16)17-6-10-18-11-7-17/h1-2,6-7,10-11,15-16,19H,3-5,8-9,12-14H2. The molecule has 1 fully saturated rings. The van der Waals surface area contributed by atoms with Gasteiger partial charge >= 0.3 is 0 Å². The van der Waals surface area contributed by atoms with E-state index in [0.29, 0.717) is 6.04 Å². The summed E-state index contributed by atoms with van der Waals surface area (Å²) < 4.78 is 0. The largest absolute Gasteiger partial charge is 0.371 e. The minimum atomic E-state index is 0.707. The van der Waals surface area contributed by atoms with Crippen LogP contribution >= 0.6 is 0 Å². The number of aromatic nitrogens is 1. The molecule has 108 valence electrons. The smallest absolute Gasteiger partial charge is 0.0397 e. The van der Waals surface area contributed by atoms with E-state index in [1.54, 1.807) is 0 Å². The van der Waals surface area contributed by atoms with Gasteiger partial charge in [0.25, 0.3) is 0 Å². The molecule has 1 aliphatic heterocycles. The Morgan fingerprint density at radius 2 is 1.90 bits per heavy atom. The van der Waals surface area contributed by atoms with Gasteiger partial charge in [-0.3, -0.25) is 4.98 Å². The lowest BCUT2D eigenvalue weighted by Crippen LogP contribution is -2.44. The Morgan fingerprint density at radius 3 is 2.60 bits per heavy atom. The van der Waals surface area contributed by atoms with Gasteiger partial charge in [-0.1, -0.05) is 12.2 Å². The Kier molecular flexibility index (Phi) is 4.69. The number of anilines is 1. The summed E-state index contributed by atoms with van der Waals surface area (Å²) in [6.07, 6.45) is 14.9. The van der Waals surface area contributed by atoms with E-state index in [-0.39, 0.29) is 0 Å². The van der Waals surface area contributed by atoms with Gasteiger partial charge in [0.2, 0.25) is 0 Å². The highest BCUT2D eigenvalue weighted by atomic mass is 15.1. The molecule has 0 amide bonds. The quantitative estimate of drug-likeness (QED) is 0.853. The molecule has 2 heterocycles. The van der Waals surface area contributed by atoms with Crippen LogP contribution in [0.3, 0.4) is 0 Å². The van der Waals surface area contributed by atoms with Gasteiger partial charge in [0.1, 0.15) is 0 Å². The van der Waals surface area contributed by atoms with E-state index < -0.39 is 0 Å². The molecule has 20 heavy (non-hydrogen) atoms. The predicted octanol–water partition coefficient (Wildman–Crippen LogP) is 3.00. The predicted molar refractivity (Wildman–Crippen MR) is 84.0 cm³/mol. The highest BCUT2D eigenvalue weighted by Gasteiger charge is 2.20. The third-order valence-electron chi connectivity index (χ3n) is 4.60. The molecule has 1 aromatic rings. The fraction of sp³-hybridized carbons (Fsp3) is 0.588. The maximum Gasteiger partial charge on any atom is 0.0397 e. The van der Waals surface area contributed by atoms with Crippen LogP contribution in [0.4, 0.5) is 5.69 Å². The Hall–Kier alpha value is -1.35. The number of rotatable bonds is 4. The van der Waals surface area contributed by atoms with Gasteiger partial charge in [0.05, 0.1) is 0 Å². The van der Waals surface area contributed by atoms with Gasteiger partial charge in [-0.25, -0.2) is 0 Å². The number of nitrogens with zero attached hydrogens (tertiary/aromatic N) is 2. The van der Waals surface area contributed by atoms with E-state index in [1.165, 1.54) is 44.3 Å². The van der Waals surface area contributed by atoms with Crippen molar-refractivity contribution in [3.05, 3.63) is 36.7 Å². The van der Waals surface area contributed by atoms with Gasteiger partial charge in [0, 0.05) is 37.2 Å². The molecule has 0 radical (unpaired) electrons. The Labute approximate surface area is 122 Å². The average molecular weight is 271 g/mol. The first-order valence-corrected chi connectivity index (χ1v) is 7.95. The fourth-order valence-electron chi connectivity index (χ4n) is 3.27. The normalized spacial score (nSPS) is 24.0. The lowest BCUT2D eigenvalue weighted by molar-refractivity contribution is 0.361. The zero-order chi connectivity index (χ0) is 13.6. The zero-order valence-corrected chi connectivity index (χ0v) is 12.2. The number of piperidine rings is 1. The van der Waals surface area contributed by atoms with Crippen molar-refractivity contribution in [1.82, 2.24) is 10.3 Å². The van der Waals surface area contributed by atoms with Crippen LogP contribution in [0, 0.1) is 5.92 Å². The molecule has 1 aromatic heterocycles. The molecule has 0 bridgehead atoms. The molecule has 3 rings (SSSR count). The van der Waals surface area contributed by atoms with Crippen LogP contribution in [0.2, 0.25) is 0 Å². The van der Waals surface area contributed by atoms with Crippen LogP contribution in [0.15, 0.2) is 36.7 Å². The summed E-state index contributed by atoms with van der Waals surface area (Å²) >= 11 is 0. The van der Waals surface area contributed by atoms with Crippen molar-refractivity contribution in [3.63, 3.8) is 0 Å². The Morgan fingerprint density at radius 1 is 1.10 bits per heavy atom. The highest BCUT2D eigenvalue weighted by Crippen LogP contribution is 2.20. The fourth-order valence-corrected chi connectivity index (χ4v) is 3.27. The first-order valence-electron chi connectivity index (χ1n) is 7.95. The number of allylic oxidation sites excluding steroid dienone is 2. The van der Waals surface area contributed by atoms with E-state index in [1.807, 2.05) is 12.4 Å². The topological polar surface area (TPSA) is 28.2 Å². The van der Waals surface area contributed by atoms with Crippen molar-refractivity contribution in [2.45, 2.75) is 38.1 Å². The van der Waals surface area contributed by atoms with E-state index in [0.717, 1.165) is 19.0 Å². The lowest BCUT2D eigenvalue weighted by Gasteiger charge is -2.34. The molecule has 3 heteroatoms. The minimum Gasteiger partial charge on any atom is -0.371 e. The Balaban J connectivity index is 1.41. The highest BCUT2D eigenvalue weighted by molar-refractivity contribution is 5.44. The minimum absolute atomic E-state index is 0.707. The van der Waals surface area contributed by atoms with Gasteiger partial charge in [-0.05, 0) is 56.7 Å². The van der Waals surface area contributed by atoms with Crippen LogP contribution in [0.25, 0.3) is 0 Å². The molecule has 3 nitrogen and oxygen atoms in total. The van der Waals surface area contributed by atoms with Crippen molar-refractivity contribution < 1.29 is 0 Å². The molecule has 1 saturated heterocycles. The average Bonchev–Trinajstić information content (AvgIpc) is 2.55. The van der Waals surface area contributed by atoms with Crippen LogP contribution in [0.1, 0.15) is 32.1 Å². The summed E-state index contributed by atoms with van der Waals surface area (Å²) in [5.74, 6) is 0.859. The second kappa shape index (κ2) is 6.89. The first kappa shape index (κ1) is 13.6. The number of hydrogen-bond donors (Lipinski definition) is 1. The maximum absolute atomic E-state index is 4.09. The van der Waals surface area contributed by atoms with E-state index >= 15 is 0 Å². The van der Waals surface area contributed by atoms with Gasteiger partial charge in [-0.2, -0.15) is 0 Å². The van der Waals surface area contributed by atoms with Crippen molar-refractivity contribution in [2.24, 2.45) is 5.92 Å². The second-order valence-corrected chi connectivity index (χ2v) is 6.03. The van der Waals surface area contributed by atoms with E-state index in [4.69, 9.17) is 0 Å². The van der Waals surface area contributed by atoms with Crippen LogP contribution in [0.5, 0.6) is 0 Å². The SMILES string of the molecule is C1=CCC(CNC2CCN(c3ccncc3)CC2)CC1. The summed E-state index contributed by atoms with van der Waals surface area (Å²) in [5, 5.41) is 3.79. The molecular formula is C17H25N3.